The van der Waals surface area contributed by atoms with Crippen LogP contribution >= 0.6 is 0 Å². The Bertz CT molecular complexity index is 505. The Morgan fingerprint density at radius 1 is 1.35 bits per heavy atom. The summed E-state index contributed by atoms with van der Waals surface area (Å²) in [5.41, 5.74) is 8.85. The van der Waals surface area contributed by atoms with E-state index in [-0.39, 0.29) is 0 Å². The molecule has 0 atom stereocenters. The van der Waals surface area contributed by atoms with Gasteiger partial charge in [0.1, 0.15) is 5.75 Å². The Morgan fingerprint density at radius 3 is 2.76 bits per heavy atom. The summed E-state index contributed by atoms with van der Waals surface area (Å²) in [4.78, 5) is 0. The maximum Gasteiger partial charge on any atom is 0.123 e. The average Bonchev–Trinajstić information content (AvgIpc) is 2.74. The van der Waals surface area contributed by atoms with Crippen molar-refractivity contribution in [3.05, 3.63) is 47.3 Å². The summed E-state index contributed by atoms with van der Waals surface area (Å²) in [6.45, 7) is 3.21. The van der Waals surface area contributed by atoms with Crippen LogP contribution in [-0.2, 0) is 13.1 Å². The fourth-order valence-electron chi connectivity index (χ4n) is 1.81. The molecule has 1 heterocycles. The summed E-state index contributed by atoms with van der Waals surface area (Å²) >= 11 is 0. The number of nitrogens with zero attached hydrogens (tertiary/aromatic N) is 2. The first-order valence-electron chi connectivity index (χ1n) is 5.59. The summed E-state index contributed by atoms with van der Waals surface area (Å²) in [5, 5.41) is 4.37. The lowest BCUT2D eigenvalue weighted by molar-refractivity contribution is 0.407. The van der Waals surface area contributed by atoms with Crippen LogP contribution in [-0.4, -0.2) is 16.9 Å². The number of nitrogens with two attached hydrogens (primary N) is 1. The molecule has 0 bridgehead atoms. The van der Waals surface area contributed by atoms with Crippen molar-refractivity contribution >= 4 is 0 Å². The highest BCUT2D eigenvalue weighted by molar-refractivity contribution is 5.37. The van der Waals surface area contributed by atoms with Crippen molar-refractivity contribution in [3.8, 4) is 5.75 Å². The molecule has 1 aromatic carbocycles. The summed E-state index contributed by atoms with van der Waals surface area (Å²) in [5.74, 6) is 0.871. The Hall–Kier alpha value is -1.81. The van der Waals surface area contributed by atoms with Crippen LogP contribution in [0.15, 0.2) is 30.5 Å². The molecule has 17 heavy (non-hydrogen) atoms. The minimum Gasteiger partial charge on any atom is -0.496 e. The van der Waals surface area contributed by atoms with Gasteiger partial charge in [0.05, 0.1) is 19.3 Å². The lowest BCUT2D eigenvalue weighted by Gasteiger charge is -2.10. The molecule has 0 fully saturated rings. The van der Waals surface area contributed by atoms with Gasteiger partial charge in [-0.25, -0.2) is 0 Å². The standard InChI is InChI=1S/C13H17N3O/c1-10-5-6-16(15-10)9-12-7-11(8-14)3-4-13(12)17-2/h3-7H,8-9,14H2,1-2H3. The van der Waals surface area contributed by atoms with E-state index in [9.17, 15) is 0 Å². The summed E-state index contributed by atoms with van der Waals surface area (Å²) in [6, 6.07) is 7.99. The quantitative estimate of drug-likeness (QED) is 0.871. The van der Waals surface area contributed by atoms with E-state index in [1.807, 2.05) is 36.0 Å². The fourth-order valence-corrected chi connectivity index (χ4v) is 1.81. The van der Waals surface area contributed by atoms with Gasteiger partial charge in [-0.1, -0.05) is 6.07 Å². The number of benzene rings is 1. The second kappa shape index (κ2) is 5.01. The fraction of sp³-hybridized carbons (Fsp3) is 0.308. The van der Waals surface area contributed by atoms with E-state index in [4.69, 9.17) is 10.5 Å². The Balaban J connectivity index is 2.29. The number of hydrogen-bond acceptors (Lipinski definition) is 3. The molecule has 1 aromatic heterocycles. The van der Waals surface area contributed by atoms with E-state index in [2.05, 4.69) is 11.2 Å². The lowest BCUT2D eigenvalue weighted by atomic mass is 10.1. The highest BCUT2D eigenvalue weighted by atomic mass is 16.5. The number of rotatable bonds is 4. The minimum atomic E-state index is 0.537. The molecule has 0 amide bonds. The monoisotopic (exact) mass is 231 g/mol. The van der Waals surface area contributed by atoms with Crippen molar-refractivity contribution in [2.75, 3.05) is 7.11 Å². The SMILES string of the molecule is COc1ccc(CN)cc1Cn1ccc(C)n1. The third-order valence-electron chi connectivity index (χ3n) is 2.69. The van der Waals surface area contributed by atoms with Gasteiger partial charge in [-0.05, 0) is 30.7 Å². The molecule has 0 spiro atoms. The zero-order valence-corrected chi connectivity index (χ0v) is 10.2. The molecule has 0 aliphatic carbocycles. The van der Waals surface area contributed by atoms with Crippen molar-refractivity contribution in [2.24, 2.45) is 5.73 Å². The Kier molecular flexibility index (Phi) is 3.44. The minimum absolute atomic E-state index is 0.537. The smallest absolute Gasteiger partial charge is 0.123 e. The zero-order valence-electron chi connectivity index (χ0n) is 10.2. The predicted octanol–water partition coefficient (Wildman–Crippen LogP) is 1.71. The van der Waals surface area contributed by atoms with E-state index >= 15 is 0 Å². The molecule has 0 radical (unpaired) electrons. The van der Waals surface area contributed by atoms with Crippen LogP contribution in [0, 0.1) is 6.92 Å². The first-order valence-corrected chi connectivity index (χ1v) is 5.59. The van der Waals surface area contributed by atoms with Gasteiger partial charge in [-0.15, -0.1) is 0 Å². The number of hydrogen-bond donors (Lipinski definition) is 1. The van der Waals surface area contributed by atoms with Crippen molar-refractivity contribution in [1.29, 1.82) is 0 Å². The summed E-state index contributed by atoms with van der Waals surface area (Å²) < 4.78 is 7.24. The van der Waals surface area contributed by atoms with Crippen LogP contribution in [0.2, 0.25) is 0 Å². The number of aromatic nitrogens is 2. The van der Waals surface area contributed by atoms with Crippen molar-refractivity contribution < 1.29 is 4.74 Å². The molecule has 4 heteroatoms. The third kappa shape index (κ3) is 2.65. The topological polar surface area (TPSA) is 53.1 Å². The van der Waals surface area contributed by atoms with Crippen LogP contribution in [0.25, 0.3) is 0 Å². The molecule has 2 N–H and O–H groups in total. The first-order chi connectivity index (χ1) is 8.22. The largest absolute Gasteiger partial charge is 0.496 e. The number of methoxy groups -OCH3 is 1. The van der Waals surface area contributed by atoms with Crippen molar-refractivity contribution in [1.82, 2.24) is 9.78 Å². The van der Waals surface area contributed by atoms with E-state index in [0.717, 1.165) is 22.6 Å². The highest BCUT2D eigenvalue weighted by Gasteiger charge is 2.05. The van der Waals surface area contributed by atoms with Gasteiger partial charge in [-0.3, -0.25) is 4.68 Å². The van der Waals surface area contributed by atoms with Gasteiger partial charge in [0, 0.05) is 18.3 Å². The third-order valence-corrected chi connectivity index (χ3v) is 2.69. The average molecular weight is 231 g/mol. The second-order valence-corrected chi connectivity index (χ2v) is 4.01. The van der Waals surface area contributed by atoms with Gasteiger partial charge < -0.3 is 10.5 Å². The summed E-state index contributed by atoms with van der Waals surface area (Å²) in [7, 11) is 1.68. The van der Waals surface area contributed by atoms with Crippen LogP contribution in [0.1, 0.15) is 16.8 Å². The van der Waals surface area contributed by atoms with Crippen molar-refractivity contribution in [2.45, 2.75) is 20.0 Å². The van der Waals surface area contributed by atoms with Gasteiger partial charge >= 0.3 is 0 Å². The first kappa shape index (κ1) is 11.7. The van der Waals surface area contributed by atoms with Crippen LogP contribution in [0.5, 0.6) is 5.75 Å². The van der Waals surface area contributed by atoms with E-state index in [1.54, 1.807) is 7.11 Å². The van der Waals surface area contributed by atoms with Gasteiger partial charge in [-0.2, -0.15) is 5.10 Å². The Morgan fingerprint density at radius 2 is 2.18 bits per heavy atom. The maximum absolute atomic E-state index is 5.64. The van der Waals surface area contributed by atoms with Gasteiger partial charge in [0.2, 0.25) is 0 Å². The molecular weight excluding hydrogens is 214 g/mol. The van der Waals surface area contributed by atoms with Crippen LogP contribution in [0.4, 0.5) is 0 Å². The molecule has 0 aliphatic rings. The number of aryl methyl sites for hydroxylation is 1. The molecule has 2 rings (SSSR count). The van der Waals surface area contributed by atoms with E-state index in [1.165, 1.54) is 0 Å². The molecule has 0 saturated carbocycles. The molecule has 90 valence electrons. The molecule has 2 aromatic rings. The maximum atomic E-state index is 5.64. The van der Waals surface area contributed by atoms with E-state index in [0.29, 0.717) is 13.1 Å². The molecule has 0 unspecified atom stereocenters. The second-order valence-electron chi connectivity index (χ2n) is 4.01. The van der Waals surface area contributed by atoms with Crippen LogP contribution < -0.4 is 10.5 Å². The zero-order chi connectivity index (χ0) is 12.3. The lowest BCUT2D eigenvalue weighted by Crippen LogP contribution is -2.05. The van der Waals surface area contributed by atoms with Crippen LogP contribution in [0.3, 0.4) is 0 Å². The number of ether oxygens (including phenoxy) is 1. The van der Waals surface area contributed by atoms with E-state index < -0.39 is 0 Å². The normalized spacial score (nSPS) is 10.5. The molecular formula is C13H17N3O. The molecule has 0 saturated heterocycles. The molecule has 0 aliphatic heterocycles. The predicted molar refractivity (Wildman–Crippen MR) is 67.0 cm³/mol. The summed E-state index contributed by atoms with van der Waals surface area (Å²) in [6.07, 6.45) is 1.96. The highest BCUT2D eigenvalue weighted by Crippen LogP contribution is 2.20. The molecule has 4 nitrogen and oxygen atoms in total. The Labute approximate surface area is 101 Å². The van der Waals surface area contributed by atoms with Gasteiger partial charge in [0.15, 0.2) is 0 Å². The van der Waals surface area contributed by atoms with Gasteiger partial charge in [0.25, 0.3) is 0 Å². The van der Waals surface area contributed by atoms with Crippen molar-refractivity contribution in [3.63, 3.8) is 0 Å².